The van der Waals surface area contributed by atoms with Crippen molar-refractivity contribution in [3.05, 3.63) is 53.2 Å². The van der Waals surface area contributed by atoms with Crippen LogP contribution in [0.25, 0.3) is 0 Å². The molecule has 2 aliphatic rings. The topological polar surface area (TPSA) is 99.7 Å². The van der Waals surface area contributed by atoms with E-state index in [1.54, 1.807) is 40.1 Å². The van der Waals surface area contributed by atoms with E-state index in [0.717, 1.165) is 6.42 Å². The van der Waals surface area contributed by atoms with Crippen LogP contribution in [0.1, 0.15) is 29.6 Å². The van der Waals surface area contributed by atoms with Gasteiger partial charge in [-0.25, -0.2) is 13.8 Å². The number of anilines is 2. The largest absolute Gasteiger partial charge is 0.480 e. The number of piperidine rings is 1. The molecule has 2 aromatic rings. The Morgan fingerprint density at radius 1 is 1.27 bits per heavy atom. The van der Waals surface area contributed by atoms with E-state index in [4.69, 9.17) is 16.3 Å². The molecule has 0 unspecified atom stereocenters. The maximum absolute atomic E-state index is 13.5. The number of hydrogen-bond acceptors (Lipinski definition) is 7. The van der Waals surface area contributed by atoms with Gasteiger partial charge in [0.05, 0.1) is 19.9 Å². The molecular weight excluding hydrogens is 506 g/mol. The zero-order valence-electron chi connectivity index (χ0n) is 20.4. The first-order chi connectivity index (χ1) is 17.7. The summed E-state index contributed by atoms with van der Waals surface area (Å²) in [6.07, 6.45) is 5.46. The van der Waals surface area contributed by atoms with Crippen molar-refractivity contribution in [3.63, 3.8) is 0 Å². The Hall–Kier alpha value is -3.31. The number of benzene rings is 1. The Labute approximate surface area is 218 Å². The second-order valence-corrected chi connectivity index (χ2v) is 9.50. The Balaban J connectivity index is 1.24. The zero-order chi connectivity index (χ0) is 26.4. The third-order valence-corrected chi connectivity index (χ3v) is 6.48. The van der Waals surface area contributed by atoms with Crippen molar-refractivity contribution in [2.24, 2.45) is 0 Å². The average Bonchev–Trinajstić information content (AvgIpc) is 3.33. The summed E-state index contributed by atoms with van der Waals surface area (Å²) in [5.74, 6) is -2.49. The van der Waals surface area contributed by atoms with Gasteiger partial charge in [0.25, 0.3) is 11.8 Å². The quantitative estimate of drug-likeness (QED) is 0.498. The lowest BCUT2D eigenvalue weighted by atomic mass is 10.1. The van der Waals surface area contributed by atoms with Gasteiger partial charge in [-0.15, -0.1) is 0 Å². The lowest BCUT2D eigenvalue weighted by Gasteiger charge is -2.31. The molecule has 0 bridgehead atoms. The predicted molar refractivity (Wildman–Crippen MR) is 136 cm³/mol. The molecule has 2 amide bonds. The Morgan fingerprint density at radius 3 is 2.78 bits per heavy atom. The highest BCUT2D eigenvalue weighted by Gasteiger charge is 2.34. The molecule has 37 heavy (non-hydrogen) atoms. The summed E-state index contributed by atoms with van der Waals surface area (Å²) in [7, 11) is 1.48. The molecule has 0 spiro atoms. The van der Waals surface area contributed by atoms with Crippen molar-refractivity contribution in [2.45, 2.75) is 31.2 Å². The molecule has 2 aliphatic heterocycles. The van der Waals surface area contributed by atoms with Crippen molar-refractivity contribution in [3.8, 4) is 5.88 Å². The molecule has 9 nitrogen and oxygen atoms in total. The van der Waals surface area contributed by atoms with E-state index in [1.807, 2.05) is 0 Å². The molecule has 0 saturated carbocycles. The maximum Gasteiger partial charge on any atom is 0.260 e. The van der Waals surface area contributed by atoms with Crippen molar-refractivity contribution < 1.29 is 23.1 Å². The van der Waals surface area contributed by atoms with E-state index in [1.165, 1.54) is 19.4 Å². The molecule has 2 N–H and O–H groups in total. The summed E-state index contributed by atoms with van der Waals surface area (Å²) in [4.78, 5) is 36.9. The van der Waals surface area contributed by atoms with Crippen molar-refractivity contribution in [2.75, 3.05) is 50.5 Å². The molecule has 1 aromatic heterocycles. The lowest BCUT2D eigenvalue weighted by molar-refractivity contribution is -0.111. The zero-order valence-corrected chi connectivity index (χ0v) is 21.2. The van der Waals surface area contributed by atoms with Gasteiger partial charge in [0.2, 0.25) is 17.7 Å². The minimum Gasteiger partial charge on any atom is -0.480 e. The van der Waals surface area contributed by atoms with Crippen LogP contribution in [0.2, 0.25) is 5.02 Å². The van der Waals surface area contributed by atoms with Gasteiger partial charge >= 0.3 is 0 Å². The summed E-state index contributed by atoms with van der Waals surface area (Å²) in [5, 5.41) is 6.24. The number of ether oxygens (including phenoxy) is 1. The number of amides is 2. The summed E-state index contributed by atoms with van der Waals surface area (Å²) in [6.45, 7) is 1.66. The van der Waals surface area contributed by atoms with Crippen LogP contribution in [0.15, 0.2) is 42.6 Å². The Morgan fingerprint density at radius 2 is 2.05 bits per heavy atom. The van der Waals surface area contributed by atoms with Crippen molar-refractivity contribution in [1.29, 1.82) is 0 Å². The van der Waals surface area contributed by atoms with E-state index in [0.29, 0.717) is 54.8 Å². The minimum atomic E-state index is -2.67. The summed E-state index contributed by atoms with van der Waals surface area (Å²) >= 11 is 5.96. The first-order valence-corrected chi connectivity index (χ1v) is 12.4. The van der Waals surface area contributed by atoms with E-state index in [-0.39, 0.29) is 36.7 Å². The van der Waals surface area contributed by atoms with E-state index in [9.17, 15) is 18.4 Å². The standard InChI is InChI=1S/C25H29ClF2N6O3/c1-37-22-20(26)14-29-24(32-22)31-19-9-13-34(15-19)23(36)17-5-7-18(8-6-17)30-21(35)4-2-11-33-12-3-10-25(27,28)16-33/h2,4-8,14,19H,3,9-13,15-16H2,1H3,(H,30,35)(H,29,31,32)/b4-2+/t19-/m0/s1. The summed E-state index contributed by atoms with van der Waals surface area (Å²) in [5.41, 5.74) is 1.04. The van der Waals surface area contributed by atoms with Gasteiger partial charge in [-0.2, -0.15) is 4.98 Å². The number of aromatic nitrogens is 2. The number of methoxy groups -OCH3 is 1. The number of carbonyl (C=O) groups excluding carboxylic acids is 2. The lowest BCUT2D eigenvalue weighted by Crippen LogP contribution is -2.42. The monoisotopic (exact) mass is 534 g/mol. The molecule has 1 aromatic carbocycles. The number of alkyl halides is 2. The van der Waals surface area contributed by atoms with Crippen LogP contribution in [-0.4, -0.2) is 83.4 Å². The van der Waals surface area contributed by atoms with Crippen LogP contribution < -0.4 is 15.4 Å². The second-order valence-electron chi connectivity index (χ2n) is 9.10. The second kappa shape index (κ2) is 11.8. The van der Waals surface area contributed by atoms with E-state index < -0.39 is 5.92 Å². The SMILES string of the molecule is COc1nc(N[C@H]2CCN(C(=O)c3ccc(NC(=O)/C=C/CN4CCCC(F)(F)C4)cc3)C2)ncc1Cl. The number of rotatable bonds is 8. The molecule has 1 atom stereocenters. The fourth-order valence-electron chi connectivity index (χ4n) is 4.38. The highest BCUT2D eigenvalue weighted by atomic mass is 35.5. The first kappa shape index (κ1) is 26.7. The van der Waals surface area contributed by atoms with Crippen LogP contribution in [0.3, 0.4) is 0 Å². The van der Waals surface area contributed by atoms with Crippen LogP contribution in [0.5, 0.6) is 5.88 Å². The normalized spacial score (nSPS) is 19.7. The van der Waals surface area contributed by atoms with Gasteiger partial charge in [-0.3, -0.25) is 14.5 Å². The molecule has 2 saturated heterocycles. The number of nitrogens with zero attached hydrogens (tertiary/aromatic N) is 4. The fraction of sp³-hybridized carbons (Fsp3) is 0.440. The van der Waals surface area contributed by atoms with Crippen LogP contribution in [-0.2, 0) is 4.79 Å². The van der Waals surface area contributed by atoms with Crippen LogP contribution in [0.4, 0.5) is 20.4 Å². The number of hydrogen-bond donors (Lipinski definition) is 2. The molecule has 3 heterocycles. The number of carbonyl (C=O) groups is 2. The molecule has 198 valence electrons. The molecule has 0 aliphatic carbocycles. The van der Waals surface area contributed by atoms with Gasteiger partial charge in [0, 0.05) is 49.4 Å². The summed E-state index contributed by atoms with van der Waals surface area (Å²) in [6, 6.07) is 6.61. The Kier molecular flexibility index (Phi) is 8.55. The molecule has 4 rings (SSSR count). The van der Waals surface area contributed by atoms with Gasteiger partial charge in [-0.1, -0.05) is 17.7 Å². The van der Waals surface area contributed by atoms with Gasteiger partial charge in [-0.05, 0) is 43.7 Å². The van der Waals surface area contributed by atoms with Crippen LogP contribution >= 0.6 is 11.6 Å². The van der Waals surface area contributed by atoms with E-state index in [2.05, 4.69) is 20.6 Å². The molecule has 12 heteroatoms. The summed E-state index contributed by atoms with van der Waals surface area (Å²) < 4.78 is 32.1. The number of nitrogens with one attached hydrogen (secondary N) is 2. The van der Waals surface area contributed by atoms with Gasteiger partial charge in [0.15, 0.2) is 0 Å². The predicted octanol–water partition coefficient (Wildman–Crippen LogP) is 3.69. The maximum atomic E-state index is 13.5. The molecule has 2 fully saturated rings. The minimum absolute atomic E-state index is 0.0173. The van der Waals surface area contributed by atoms with Gasteiger partial charge in [0.1, 0.15) is 5.02 Å². The number of halogens is 3. The third kappa shape index (κ3) is 7.36. The number of likely N-dealkylation sites (tertiary alicyclic amines) is 2. The molecule has 0 radical (unpaired) electrons. The highest BCUT2D eigenvalue weighted by molar-refractivity contribution is 6.31. The average molecular weight is 535 g/mol. The van der Waals surface area contributed by atoms with Crippen molar-refractivity contribution in [1.82, 2.24) is 19.8 Å². The first-order valence-electron chi connectivity index (χ1n) is 12.0. The molecular formula is C25H29ClF2N6O3. The van der Waals surface area contributed by atoms with Gasteiger partial charge < -0.3 is 20.3 Å². The highest BCUT2D eigenvalue weighted by Crippen LogP contribution is 2.26. The third-order valence-electron chi connectivity index (χ3n) is 6.22. The van der Waals surface area contributed by atoms with E-state index >= 15 is 0 Å². The van der Waals surface area contributed by atoms with Crippen LogP contribution in [0, 0.1) is 0 Å². The Bertz CT molecular complexity index is 1150. The van der Waals surface area contributed by atoms with Crippen molar-refractivity contribution >= 4 is 35.1 Å². The fourth-order valence-corrected chi connectivity index (χ4v) is 4.55. The smallest absolute Gasteiger partial charge is 0.260 e.